The summed E-state index contributed by atoms with van der Waals surface area (Å²) in [5.41, 5.74) is 2.97. The van der Waals surface area contributed by atoms with Gasteiger partial charge in [-0.3, -0.25) is 4.79 Å². The summed E-state index contributed by atoms with van der Waals surface area (Å²) in [6, 6.07) is 7.84. The third-order valence-electron chi connectivity index (χ3n) is 4.16. The fourth-order valence-electron chi connectivity index (χ4n) is 2.22. The molecule has 0 spiro atoms. The predicted molar refractivity (Wildman–Crippen MR) is 88.6 cm³/mol. The van der Waals surface area contributed by atoms with Crippen molar-refractivity contribution in [1.29, 1.82) is 0 Å². The topological polar surface area (TPSA) is 80.0 Å². The molecule has 124 valence electrons. The number of amides is 1. The van der Waals surface area contributed by atoms with Crippen LogP contribution in [0.4, 0.5) is 0 Å². The zero-order valence-corrected chi connectivity index (χ0v) is 14.1. The number of carbonyl (C=O) groups is 1. The molecule has 0 fully saturated rings. The summed E-state index contributed by atoms with van der Waals surface area (Å²) in [4.78, 5) is 12.2. The molecule has 0 saturated heterocycles. The second kappa shape index (κ2) is 7.37. The Kier molecular flexibility index (Phi) is 5.50. The summed E-state index contributed by atoms with van der Waals surface area (Å²) in [7, 11) is 0. The maximum Gasteiger partial charge on any atom is 0.273 e. The molecule has 0 aliphatic rings. The van der Waals surface area contributed by atoms with Crippen molar-refractivity contribution in [1.82, 2.24) is 20.3 Å². The fraction of sp³-hybridized carbons (Fsp3) is 0.471. The van der Waals surface area contributed by atoms with Gasteiger partial charge in [-0.25, -0.2) is 4.68 Å². The SMILES string of the molecule is CCC(C)C(O)CNC(=O)c1nnn(-c2ccc(C)cc2)c1C. The molecule has 6 heteroatoms. The van der Waals surface area contributed by atoms with Crippen LogP contribution in [-0.4, -0.2) is 38.7 Å². The van der Waals surface area contributed by atoms with Crippen LogP contribution in [0.15, 0.2) is 24.3 Å². The van der Waals surface area contributed by atoms with E-state index < -0.39 is 6.10 Å². The number of hydrogen-bond acceptors (Lipinski definition) is 4. The molecule has 0 saturated carbocycles. The molecule has 2 N–H and O–H groups in total. The molecule has 2 rings (SSSR count). The number of aliphatic hydroxyl groups is 1. The van der Waals surface area contributed by atoms with Gasteiger partial charge in [0.25, 0.3) is 5.91 Å². The molecular formula is C17H24N4O2. The monoisotopic (exact) mass is 316 g/mol. The van der Waals surface area contributed by atoms with Crippen LogP contribution >= 0.6 is 0 Å². The van der Waals surface area contributed by atoms with Gasteiger partial charge in [-0.15, -0.1) is 5.10 Å². The van der Waals surface area contributed by atoms with E-state index in [-0.39, 0.29) is 24.1 Å². The van der Waals surface area contributed by atoms with Crippen LogP contribution in [-0.2, 0) is 0 Å². The molecule has 1 amide bonds. The van der Waals surface area contributed by atoms with Crippen LogP contribution in [0.25, 0.3) is 5.69 Å². The Morgan fingerprint density at radius 2 is 1.96 bits per heavy atom. The molecule has 6 nitrogen and oxygen atoms in total. The lowest BCUT2D eigenvalue weighted by Gasteiger charge is -2.17. The first kappa shape index (κ1) is 17.1. The number of nitrogens with zero attached hydrogens (tertiary/aromatic N) is 3. The van der Waals surface area contributed by atoms with Crippen LogP contribution in [0.1, 0.15) is 42.0 Å². The molecule has 0 bridgehead atoms. The van der Waals surface area contributed by atoms with E-state index in [2.05, 4.69) is 15.6 Å². The van der Waals surface area contributed by atoms with E-state index in [1.54, 1.807) is 11.6 Å². The Hall–Kier alpha value is -2.21. The molecule has 0 aliphatic heterocycles. The summed E-state index contributed by atoms with van der Waals surface area (Å²) >= 11 is 0. The molecule has 0 radical (unpaired) electrons. The first-order chi connectivity index (χ1) is 10.9. The second-order valence-electron chi connectivity index (χ2n) is 5.93. The minimum absolute atomic E-state index is 0.139. The number of hydrogen-bond donors (Lipinski definition) is 2. The molecule has 1 aromatic heterocycles. The van der Waals surface area contributed by atoms with E-state index in [1.165, 1.54) is 0 Å². The van der Waals surface area contributed by atoms with Crippen molar-refractivity contribution in [2.24, 2.45) is 5.92 Å². The third kappa shape index (κ3) is 3.96. The molecule has 2 aromatic rings. The molecule has 2 unspecified atom stereocenters. The lowest BCUT2D eigenvalue weighted by atomic mass is 10.0. The van der Waals surface area contributed by atoms with Gasteiger partial charge in [0.05, 0.1) is 17.5 Å². The maximum absolute atomic E-state index is 12.2. The molecule has 23 heavy (non-hydrogen) atoms. The van der Waals surface area contributed by atoms with E-state index >= 15 is 0 Å². The predicted octanol–water partition coefficient (Wildman–Crippen LogP) is 2.02. The van der Waals surface area contributed by atoms with Crippen molar-refractivity contribution in [2.75, 3.05) is 6.54 Å². The van der Waals surface area contributed by atoms with E-state index in [4.69, 9.17) is 0 Å². The van der Waals surface area contributed by atoms with E-state index in [0.29, 0.717) is 5.69 Å². The number of benzene rings is 1. The van der Waals surface area contributed by atoms with Crippen molar-refractivity contribution in [2.45, 2.75) is 40.2 Å². The average molecular weight is 316 g/mol. The van der Waals surface area contributed by atoms with E-state index in [9.17, 15) is 9.90 Å². The van der Waals surface area contributed by atoms with Gasteiger partial charge in [0, 0.05) is 6.54 Å². The minimum atomic E-state index is -0.559. The first-order valence-corrected chi connectivity index (χ1v) is 7.89. The van der Waals surface area contributed by atoms with Gasteiger partial charge >= 0.3 is 0 Å². The van der Waals surface area contributed by atoms with Gasteiger partial charge in [0.15, 0.2) is 5.69 Å². The average Bonchev–Trinajstić information content (AvgIpc) is 2.94. The van der Waals surface area contributed by atoms with Crippen LogP contribution < -0.4 is 5.32 Å². The van der Waals surface area contributed by atoms with Crippen LogP contribution in [0.3, 0.4) is 0 Å². The number of rotatable bonds is 6. The highest BCUT2D eigenvalue weighted by atomic mass is 16.3. The summed E-state index contributed by atoms with van der Waals surface area (Å²) in [6.07, 6.45) is 0.302. The Bertz CT molecular complexity index is 664. The lowest BCUT2D eigenvalue weighted by molar-refractivity contribution is 0.0845. The number of aryl methyl sites for hydroxylation is 1. The Balaban J connectivity index is 2.09. The summed E-state index contributed by atoms with van der Waals surface area (Å²) < 4.78 is 1.64. The third-order valence-corrected chi connectivity index (χ3v) is 4.16. The Labute approximate surface area is 136 Å². The molecule has 2 atom stereocenters. The van der Waals surface area contributed by atoms with Crippen LogP contribution in [0.5, 0.6) is 0 Å². The maximum atomic E-state index is 12.2. The van der Waals surface area contributed by atoms with Gasteiger partial charge in [-0.1, -0.05) is 43.2 Å². The second-order valence-corrected chi connectivity index (χ2v) is 5.93. The standard InChI is InChI=1S/C17H24N4O2/c1-5-12(3)15(22)10-18-17(23)16-13(4)21(20-19-16)14-8-6-11(2)7-9-14/h6-9,12,15,22H,5,10H2,1-4H3,(H,18,23). The number of aliphatic hydroxyl groups excluding tert-OH is 1. The zero-order chi connectivity index (χ0) is 17.0. The van der Waals surface area contributed by atoms with E-state index in [1.807, 2.05) is 45.0 Å². The number of aromatic nitrogens is 3. The number of nitrogens with one attached hydrogen (secondary N) is 1. The van der Waals surface area contributed by atoms with Crippen molar-refractivity contribution in [3.8, 4) is 5.69 Å². The largest absolute Gasteiger partial charge is 0.391 e. The zero-order valence-electron chi connectivity index (χ0n) is 14.1. The highest BCUT2D eigenvalue weighted by molar-refractivity contribution is 5.93. The normalized spacial score (nSPS) is 13.6. The van der Waals surface area contributed by atoms with Crippen molar-refractivity contribution < 1.29 is 9.90 Å². The summed E-state index contributed by atoms with van der Waals surface area (Å²) in [5, 5.41) is 20.7. The summed E-state index contributed by atoms with van der Waals surface area (Å²) in [5.74, 6) is -0.178. The fourth-order valence-corrected chi connectivity index (χ4v) is 2.22. The van der Waals surface area contributed by atoms with Gasteiger partial charge < -0.3 is 10.4 Å². The smallest absolute Gasteiger partial charge is 0.273 e. The van der Waals surface area contributed by atoms with Crippen molar-refractivity contribution in [3.05, 3.63) is 41.2 Å². The van der Waals surface area contributed by atoms with Gasteiger partial charge in [-0.2, -0.15) is 0 Å². The van der Waals surface area contributed by atoms with Gasteiger partial charge in [0.2, 0.25) is 0 Å². The van der Waals surface area contributed by atoms with Gasteiger partial charge in [-0.05, 0) is 31.9 Å². The molecule has 1 aromatic carbocycles. The van der Waals surface area contributed by atoms with E-state index in [0.717, 1.165) is 17.7 Å². The van der Waals surface area contributed by atoms with Crippen molar-refractivity contribution in [3.63, 3.8) is 0 Å². The van der Waals surface area contributed by atoms with Gasteiger partial charge in [0.1, 0.15) is 0 Å². The minimum Gasteiger partial charge on any atom is -0.391 e. The Morgan fingerprint density at radius 3 is 2.57 bits per heavy atom. The van der Waals surface area contributed by atoms with Crippen molar-refractivity contribution >= 4 is 5.91 Å². The number of carbonyl (C=O) groups excluding carboxylic acids is 1. The van der Waals surface area contributed by atoms with Crippen LogP contribution in [0.2, 0.25) is 0 Å². The van der Waals surface area contributed by atoms with Crippen LogP contribution in [0, 0.1) is 19.8 Å². The molecular weight excluding hydrogens is 292 g/mol. The highest BCUT2D eigenvalue weighted by Gasteiger charge is 2.19. The summed E-state index contributed by atoms with van der Waals surface area (Å²) in [6.45, 7) is 7.99. The Morgan fingerprint density at radius 1 is 1.30 bits per heavy atom. The lowest BCUT2D eigenvalue weighted by Crippen LogP contribution is -2.35. The molecule has 1 heterocycles. The first-order valence-electron chi connectivity index (χ1n) is 7.89. The highest BCUT2D eigenvalue weighted by Crippen LogP contribution is 2.13. The quantitative estimate of drug-likeness (QED) is 0.854. The molecule has 0 aliphatic carbocycles.